The van der Waals surface area contributed by atoms with Crippen molar-refractivity contribution in [3.8, 4) is 0 Å². The van der Waals surface area contributed by atoms with E-state index in [-0.39, 0.29) is 5.54 Å². The molecular formula is C13H26N2. The summed E-state index contributed by atoms with van der Waals surface area (Å²) in [6, 6.07) is 0.752. The van der Waals surface area contributed by atoms with Gasteiger partial charge in [0, 0.05) is 24.7 Å². The van der Waals surface area contributed by atoms with Gasteiger partial charge in [-0.1, -0.05) is 26.2 Å². The quantitative estimate of drug-likeness (QED) is 0.758. The molecule has 0 bridgehead atoms. The topological polar surface area (TPSA) is 29.3 Å². The van der Waals surface area contributed by atoms with E-state index in [1.54, 1.807) is 0 Å². The van der Waals surface area contributed by atoms with Crippen molar-refractivity contribution in [3.05, 3.63) is 0 Å². The molecule has 2 fully saturated rings. The van der Waals surface area contributed by atoms with Crippen LogP contribution in [0.1, 0.15) is 52.4 Å². The van der Waals surface area contributed by atoms with Crippen LogP contribution in [0.25, 0.3) is 0 Å². The highest BCUT2D eigenvalue weighted by Crippen LogP contribution is 2.30. The van der Waals surface area contributed by atoms with E-state index in [1.807, 2.05) is 0 Å². The smallest absolute Gasteiger partial charge is 0.0283 e. The third-order valence-corrected chi connectivity index (χ3v) is 4.28. The van der Waals surface area contributed by atoms with Crippen molar-refractivity contribution in [1.29, 1.82) is 0 Å². The van der Waals surface area contributed by atoms with Crippen molar-refractivity contribution in [3.63, 3.8) is 0 Å². The van der Waals surface area contributed by atoms with Gasteiger partial charge in [-0.25, -0.2) is 0 Å². The van der Waals surface area contributed by atoms with Crippen molar-refractivity contribution in [1.82, 2.24) is 4.90 Å². The van der Waals surface area contributed by atoms with E-state index >= 15 is 0 Å². The van der Waals surface area contributed by atoms with Crippen molar-refractivity contribution in [2.75, 3.05) is 13.1 Å². The van der Waals surface area contributed by atoms with Gasteiger partial charge in [0.15, 0.2) is 0 Å². The molecule has 0 amide bonds. The number of hydrogen-bond acceptors (Lipinski definition) is 2. The molecule has 2 heteroatoms. The average Bonchev–Trinajstić information content (AvgIpc) is 2.45. The highest BCUT2D eigenvalue weighted by atomic mass is 15.2. The first-order valence-electron chi connectivity index (χ1n) is 6.62. The van der Waals surface area contributed by atoms with Crippen molar-refractivity contribution in [2.24, 2.45) is 11.7 Å². The maximum Gasteiger partial charge on any atom is 0.0283 e. The van der Waals surface area contributed by atoms with E-state index in [4.69, 9.17) is 5.73 Å². The summed E-state index contributed by atoms with van der Waals surface area (Å²) in [4.78, 5) is 2.62. The lowest BCUT2D eigenvalue weighted by atomic mass is 9.82. The van der Waals surface area contributed by atoms with Crippen LogP contribution >= 0.6 is 0 Å². The molecule has 0 radical (unpaired) electrons. The summed E-state index contributed by atoms with van der Waals surface area (Å²) in [5.41, 5.74) is 6.64. The van der Waals surface area contributed by atoms with Crippen LogP contribution in [0.5, 0.6) is 0 Å². The zero-order chi connectivity index (χ0) is 10.9. The Hall–Kier alpha value is -0.0800. The fourth-order valence-electron chi connectivity index (χ4n) is 3.43. The zero-order valence-electron chi connectivity index (χ0n) is 10.3. The van der Waals surface area contributed by atoms with E-state index in [2.05, 4.69) is 18.7 Å². The minimum Gasteiger partial charge on any atom is -0.324 e. The molecule has 2 nitrogen and oxygen atoms in total. The minimum absolute atomic E-state index is 0.135. The Bertz CT molecular complexity index is 209. The standard InChI is InChI=1S/C13H26N2/c1-11-8-12(2)15(9-11)10-13(14)6-4-3-5-7-13/h11-12H,3-10,14H2,1-2H3. The number of rotatable bonds is 2. The van der Waals surface area contributed by atoms with E-state index in [9.17, 15) is 0 Å². The number of nitrogens with two attached hydrogens (primary N) is 1. The molecule has 1 saturated carbocycles. The van der Waals surface area contributed by atoms with Gasteiger partial charge in [-0.3, -0.25) is 4.90 Å². The second kappa shape index (κ2) is 4.42. The van der Waals surface area contributed by atoms with Crippen molar-refractivity contribution < 1.29 is 0 Å². The van der Waals surface area contributed by atoms with E-state index in [0.717, 1.165) is 18.5 Å². The summed E-state index contributed by atoms with van der Waals surface area (Å²) in [5.74, 6) is 0.868. The summed E-state index contributed by atoms with van der Waals surface area (Å²) in [6.45, 7) is 7.12. The number of nitrogens with zero attached hydrogens (tertiary/aromatic N) is 1. The fourth-order valence-corrected chi connectivity index (χ4v) is 3.43. The number of likely N-dealkylation sites (tertiary alicyclic amines) is 1. The third-order valence-electron chi connectivity index (χ3n) is 4.28. The molecule has 1 saturated heterocycles. The number of hydrogen-bond donors (Lipinski definition) is 1. The minimum atomic E-state index is 0.135. The van der Waals surface area contributed by atoms with Gasteiger partial charge in [0.2, 0.25) is 0 Å². The molecule has 2 atom stereocenters. The normalized spacial score (nSPS) is 37.0. The Morgan fingerprint density at radius 2 is 1.87 bits per heavy atom. The molecule has 1 heterocycles. The molecule has 0 spiro atoms. The molecule has 15 heavy (non-hydrogen) atoms. The molecule has 0 aromatic rings. The average molecular weight is 210 g/mol. The Labute approximate surface area is 94.2 Å². The SMILES string of the molecule is CC1CC(C)N(CC2(N)CCCCC2)C1. The van der Waals surface area contributed by atoms with Crippen LogP contribution in [0.4, 0.5) is 0 Å². The zero-order valence-corrected chi connectivity index (χ0v) is 10.3. The molecule has 2 aliphatic rings. The van der Waals surface area contributed by atoms with E-state index in [1.165, 1.54) is 45.1 Å². The van der Waals surface area contributed by atoms with Gasteiger partial charge >= 0.3 is 0 Å². The lowest BCUT2D eigenvalue weighted by Crippen LogP contribution is -2.52. The van der Waals surface area contributed by atoms with Crippen LogP contribution in [0.15, 0.2) is 0 Å². The Balaban J connectivity index is 1.89. The molecule has 2 N–H and O–H groups in total. The lowest BCUT2D eigenvalue weighted by molar-refractivity contribution is 0.166. The molecule has 0 aromatic carbocycles. The highest BCUT2D eigenvalue weighted by molar-refractivity contribution is 4.93. The Morgan fingerprint density at radius 1 is 1.20 bits per heavy atom. The van der Waals surface area contributed by atoms with Gasteiger partial charge in [0.25, 0.3) is 0 Å². The molecule has 1 aliphatic carbocycles. The van der Waals surface area contributed by atoms with Crippen molar-refractivity contribution >= 4 is 0 Å². The van der Waals surface area contributed by atoms with Gasteiger partial charge < -0.3 is 5.73 Å². The first-order chi connectivity index (χ1) is 7.09. The maximum absolute atomic E-state index is 6.50. The molecule has 1 aliphatic heterocycles. The lowest BCUT2D eigenvalue weighted by Gasteiger charge is -2.38. The van der Waals surface area contributed by atoms with Gasteiger partial charge in [0.1, 0.15) is 0 Å². The predicted octanol–water partition coefficient (Wildman–Crippen LogP) is 2.38. The van der Waals surface area contributed by atoms with E-state index < -0.39 is 0 Å². The summed E-state index contributed by atoms with van der Waals surface area (Å²) in [7, 11) is 0. The molecular weight excluding hydrogens is 184 g/mol. The summed E-state index contributed by atoms with van der Waals surface area (Å²) >= 11 is 0. The second-order valence-electron chi connectivity index (χ2n) is 6.04. The van der Waals surface area contributed by atoms with Gasteiger partial charge in [0.05, 0.1) is 0 Å². The summed E-state index contributed by atoms with van der Waals surface area (Å²) in [5, 5.41) is 0. The molecule has 0 aromatic heterocycles. The first-order valence-corrected chi connectivity index (χ1v) is 6.62. The van der Waals surface area contributed by atoms with E-state index in [0.29, 0.717) is 0 Å². The monoisotopic (exact) mass is 210 g/mol. The Morgan fingerprint density at radius 3 is 2.40 bits per heavy atom. The van der Waals surface area contributed by atoms with Gasteiger partial charge in [-0.2, -0.15) is 0 Å². The second-order valence-corrected chi connectivity index (χ2v) is 6.04. The maximum atomic E-state index is 6.50. The molecule has 2 unspecified atom stereocenters. The van der Waals surface area contributed by atoms with Gasteiger partial charge in [-0.15, -0.1) is 0 Å². The van der Waals surface area contributed by atoms with Crippen LogP contribution in [0.2, 0.25) is 0 Å². The first kappa shape index (κ1) is 11.4. The predicted molar refractivity (Wildman–Crippen MR) is 64.8 cm³/mol. The van der Waals surface area contributed by atoms with Crippen LogP contribution in [-0.4, -0.2) is 29.6 Å². The Kier molecular flexibility index (Phi) is 3.36. The molecule has 88 valence electrons. The summed E-state index contributed by atoms with van der Waals surface area (Å²) in [6.07, 6.45) is 7.92. The van der Waals surface area contributed by atoms with Crippen LogP contribution in [-0.2, 0) is 0 Å². The summed E-state index contributed by atoms with van der Waals surface area (Å²) < 4.78 is 0. The van der Waals surface area contributed by atoms with Crippen LogP contribution in [0.3, 0.4) is 0 Å². The van der Waals surface area contributed by atoms with Gasteiger partial charge in [-0.05, 0) is 32.1 Å². The highest BCUT2D eigenvalue weighted by Gasteiger charge is 2.34. The van der Waals surface area contributed by atoms with Crippen LogP contribution < -0.4 is 5.73 Å². The fraction of sp³-hybridized carbons (Fsp3) is 1.00. The van der Waals surface area contributed by atoms with Crippen LogP contribution in [0, 0.1) is 5.92 Å². The molecule has 2 rings (SSSR count). The van der Waals surface area contributed by atoms with Crippen molar-refractivity contribution in [2.45, 2.75) is 64.0 Å². The largest absolute Gasteiger partial charge is 0.324 e. The third kappa shape index (κ3) is 2.73.